The van der Waals surface area contributed by atoms with Crippen molar-refractivity contribution < 1.29 is 13.2 Å². The molecule has 170 valence electrons. The van der Waals surface area contributed by atoms with E-state index in [2.05, 4.69) is 10.3 Å². The largest absolute Gasteiger partial charge is 0.378 e. The highest BCUT2D eigenvalue weighted by Crippen LogP contribution is 2.21. The van der Waals surface area contributed by atoms with Gasteiger partial charge in [-0.05, 0) is 61.5 Å². The molecule has 4 aromatic rings. The number of benzene rings is 2. The van der Waals surface area contributed by atoms with E-state index in [1.165, 1.54) is 17.0 Å². The lowest BCUT2D eigenvalue weighted by Crippen LogP contribution is -2.33. The van der Waals surface area contributed by atoms with E-state index >= 15 is 0 Å². The van der Waals surface area contributed by atoms with Gasteiger partial charge in [-0.25, -0.2) is 22.9 Å². The first kappa shape index (κ1) is 22.5. The van der Waals surface area contributed by atoms with Crippen molar-refractivity contribution in [3.63, 3.8) is 0 Å². The van der Waals surface area contributed by atoms with Crippen LogP contribution in [0, 0.1) is 6.92 Å². The fourth-order valence-electron chi connectivity index (χ4n) is 3.16. The van der Waals surface area contributed by atoms with Crippen molar-refractivity contribution in [1.29, 1.82) is 0 Å². The number of carbonyl (C=O) groups excluding carboxylic acids is 1. The number of rotatable bonds is 5. The number of hydrogen-bond donors (Lipinski definition) is 2. The zero-order valence-electron chi connectivity index (χ0n) is 18.1. The molecule has 0 aliphatic carbocycles. The van der Waals surface area contributed by atoms with Gasteiger partial charge in [0.05, 0.1) is 16.6 Å². The second kappa shape index (κ2) is 8.68. The number of amides is 2. The number of carbonyl (C=O) groups is 1. The lowest BCUT2D eigenvalue weighted by molar-refractivity contribution is 0.256. The minimum Gasteiger partial charge on any atom is -0.378 e. The highest BCUT2D eigenvalue weighted by atomic mass is 32.2. The van der Waals surface area contributed by atoms with Crippen molar-refractivity contribution in [2.75, 3.05) is 24.3 Å². The predicted octanol–water partition coefficient (Wildman–Crippen LogP) is 3.33. The Morgan fingerprint density at radius 2 is 1.79 bits per heavy atom. The summed E-state index contributed by atoms with van der Waals surface area (Å²) in [6, 6.07) is 14.1. The fourth-order valence-corrected chi connectivity index (χ4v) is 5.35. The number of aromatic nitrogens is 2. The lowest BCUT2D eigenvalue weighted by Gasteiger charge is -2.13. The third-order valence-corrected chi connectivity index (χ3v) is 7.69. The number of aryl methyl sites for hydroxylation is 1. The minimum atomic E-state index is -3.95. The van der Waals surface area contributed by atoms with Crippen LogP contribution in [0.15, 0.2) is 69.9 Å². The smallest absolute Gasteiger partial charge is 0.333 e. The molecule has 9 nitrogen and oxygen atoms in total. The molecule has 2 amide bonds. The Hall–Kier alpha value is -3.70. The van der Waals surface area contributed by atoms with Crippen molar-refractivity contribution >= 4 is 49.7 Å². The quantitative estimate of drug-likeness (QED) is 0.450. The van der Waals surface area contributed by atoms with Crippen LogP contribution in [0.25, 0.3) is 16.6 Å². The highest BCUT2D eigenvalue weighted by Gasteiger charge is 2.19. The molecule has 2 aromatic carbocycles. The van der Waals surface area contributed by atoms with Crippen LogP contribution in [-0.4, -0.2) is 38.1 Å². The van der Waals surface area contributed by atoms with Gasteiger partial charge in [0.25, 0.3) is 15.6 Å². The van der Waals surface area contributed by atoms with E-state index in [-0.39, 0.29) is 9.77 Å². The summed E-state index contributed by atoms with van der Waals surface area (Å²) in [6.45, 7) is 1.78. The van der Waals surface area contributed by atoms with Gasteiger partial charge in [-0.3, -0.25) is 9.36 Å². The van der Waals surface area contributed by atoms with Crippen molar-refractivity contribution in [3.8, 4) is 5.69 Å². The summed E-state index contributed by atoms with van der Waals surface area (Å²) in [7, 11) is -0.118. The molecule has 0 saturated carbocycles. The van der Waals surface area contributed by atoms with Crippen LogP contribution in [0.3, 0.4) is 0 Å². The molecule has 0 spiro atoms. The van der Waals surface area contributed by atoms with Crippen molar-refractivity contribution in [1.82, 2.24) is 14.3 Å². The SMILES string of the molecule is Cc1ccc(S(=O)(=O)NC(=O)Nc2ccc(-n3cnc4cc(N(C)C)ccc4c3=O)cc2)s1. The molecular formula is C22H21N5O4S2. The maximum atomic E-state index is 12.9. The Bertz CT molecular complexity index is 1510. The molecule has 0 saturated heterocycles. The van der Waals surface area contributed by atoms with Crippen LogP contribution in [0.1, 0.15) is 4.88 Å². The second-order valence-corrected chi connectivity index (χ2v) is 10.7. The normalized spacial score (nSPS) is 11.4. The Kier molecular flexibility index (Phi) is 5.91. The first-order chi connectivity index (χ1) is 15.6. The Balaban J connectivity index is 1.52. The molecule has 0 unspecified atom stereocenters. The van der Waals surface area contributed by atoms with Gasteiger partial charge in [0.2, 0.25) is 0 Å². The Morgan fingerprint density at radius 1 is 1.06 bits per heavy atom. The lowest BCUT2D eigenvalue weighted by atomic mass is 10.2. The van der Waals surface area contributed by atoms with Crippen molar-refractivity contribution in [2.24, 2.45) is 0 Å². The number of urea groups is 1. The van der Waals surface area contributed by atoms with E-state index in [1.807, 2.05) is 35.9 Å². The van der Waals surface area contributed by atoms with E-state index in [4.69, 9.17) is 0 Å². The summed E-state index contributed by atoms with van der Waals surface area (Å²) >= 11 is 1.08. The average molecular weight is 484 g/mol. The minimum absolute atomic E-state index is 0.0615. The third kappa shape index (κ3) is 4.73. The molecule has 0 aliphatic rings. The van der Waals surface area contributed by atoms with Gasteiger partial charge in [-0.1, -0.05) is 0 Å². The maximum Gasteiger partial charge on any atom is 0.333 e. The summed E-state index contributed by atoms with van der Waals surface area (Å²) in [5.74, 6) is 0. The molecule has 2 N–H and O–H groups in total. The zero-order chi connectivity index (χ0) is 23.8. The molecule has 0 fully saturated rings. The summed E-state index contributed by atoms with van der Waals surface area (Å²) in [5.41, 5.74) is 2.24. The van der Waals surface area contributed by atoms with Gasteiger partial charge in [-0.15, -0.1) is 11.3 Å². The molecule has 0 atom stereocenters. The van der Waals surface area contributed by atoms with E-state index in [1.54, 1.807) is 43.3 Å². The van der Waals surface area contributed by atoms with Gasteiger partial charge in [0.15, 0.2) is 0 Å². The fraction of sp³-hybridized carbons (Fsp3) is 0.136. The number of sulfonamides is 1. The number of thiophene rings is 1. The molecule has 4 rings (SSSR count). The van der Waals surface area contributed by atoms with Gasteiger partial charge in [0.1, 0.15) is 10.5 Å². The molecule has 0 aliphatic heterocycles. The Morgan fingerprint density at radius 3 is 2.42 bits per heavy atom. The monoisotopic (exact) mass is 483 g/mol. The van der Waals surface area contributed by atoms with Crippen LogP contribution in [-0.2, 0) is 10.0 Å². The first-order valence-electron chi connectivity index (χ1n) is 9.83. The van der Waals surface area contributed by atoms with Crippen LogP contribution in [0.2, 0.25) is 0 Å². The summed E-state index contributed by atoms with van der Waals surface area (Å²) in [6.07, 6.45) is 1.45. The second-order valence-electron chi connectivity index (χ2n) is 7.49. The standard InChI is InChI=1S/C22H21N5O4S2/c1-14-4-11-20(32-14)33(30,31)25-22(29)24-15-5-7-16(8-6-15)27-13-23-19-12-17(26(2)3)9-10-18(19)21(27)28/h4-13H,1-3H3,(H2,24,25,29). The third-order valence-electron chi connectivity index (χ3n) is 4.87. The zero-order valence-corrected chi connectivity index (χ0v) is 19.7. The number of fused-ring (bicyclic) bond motifs is 1. The topological polar surface area (TPSA) is 113 Å². The highest BCUT2D eigenvalue weighted by molar-refractivity contribution is 7.92. The van der Waals surface area contributed by atoms with E-state index in [0.29, 0.717) is 22.3 Å². The number of anilines is 2. The number of nitrogens with one attached hydrogen (secondary N) is 2. The van der Waals surface area contributed by atoms with Gasteiger partial charge in [0, 0.05) is 30.3 Å². The first-order valence-corrected chi connectivity index (χ1v) is 12.1. The molecular weight excluding hydrogens is 462 g/mol. The average Bonchev–Trinajstić information content (AvgIpc) is 3.21. The number of nitrogens with zero attached hydrogens (tertiary/aromatic N) is 3. The molecule has 0 bridgehead atoms. The molecule has 33 heavy (non-hydrogen) atoms. The van der Waals surface area contributed by atoms with Crippen molar-refractivity contribution in [2.45, 2.75) is 11.1 Å². The summed E-state index contributed by atoms with van der Waals surface area (Å²) < 4.78 is 28.0. The summed E-state index contributed by atoms with van der Waals surface area (Å²) in [4.78, 5) is 32.3. The van der Waals surface area contributed by atoms with Crippen molar-refractivity contribution in [3.05, 3.63) is 76.2 Å². The van der Waals surface area contributed by atoms with Gasteiger partial charge < -0.3 is 10.2 Å². The van der Waals surface area contributed by atoms with E-state index in [0.717, 1.165) is 21.9 Å². The van der Waals surface area contributed by atoms with Gasteiger partial charge >= 0.3 is 6.03 Å². The van der Waals surface area contributed by atoms with E-state index in [9.17, 15) is 18.0 Å². The maximum absolute atomic E-state index is 12.9. The van der Waals surface area contributed by atoms with Crippen LogP contribution >= 0.6 is 11.3 Å². The van der Waals surface area contributed by atoms with E-state index < -0.39 is 16.1 Å². The van der Waals surface area contributed by atoms with Crippen LogP contribution in [0.4, 0.5) is 16.2 Å². The number of hydrogen-bond acceptors (Lipinski definition) is 7. The predicted molar refractivity (Wildman–Crippen MR) is 130 cm³/mol. The molecule has 11 heteroatoms. The molecule has 2 aromatic heterocycles. The summed E-state index contributed by atoms with van der Waals surface area (Å²) in [5, 5.41) is 2.97. The Labute approximate surface area is 194 Å². The molecule has 2 heterocycles. The van der Waals surface area contributed by atoms with Crippen LogP contribution in [0.5, 0.6) is 0 Å². The van der Waals surface area contributed by atoms with Gasteiger partial charge in [-0.2, -0.15) is 0 Å². The molecule has 0 radical (unpaired) electrons. The van der Waals surface area contributed by atoms with Crippen LogP contribution < -0.4 is 20.5 Å².